The van der Waals surface area contributed by atoms with Gasteiger partial charge in [0, 0.05) is 5.33 Å². The van der Waals surface area contributed by atoms with Crippen molar-refractivity contribution in [2.24, 2.45) is 0 Å². The van der Waals surface area contributed by atoms with Crippen molar-refractivity contribution >= 4 is 21.9 Å². The van der Waals surface area contributed by atoms with E-state index in [1.54, 1.807) is 0 Å². The lowest BCUT2D eigenvalue weighted by Crippen LogP contribution is -2.07. The summed E-state index contributed by atoms with van der Waals surface area (Å²) in [5.41, 5.74) is 3.09. The van der Waals surface area contributed by atoms with Gasteiger partial charge in [0.25, 0.3) is 0 Å². The molecule has 2 aromatic carbocycles. The Kier molecular flexibility index (Phi) is 9.07. The van der Waals surface area contributed by atoms with Crippen molar-refractivity contribution in [1.29, 1.82) is 0 Å². The van der Waals surface area contributed by atoms with Gasteiger partial charge in [-0.05, 0) is 28.8 Å². The highest BCUT2D eigenvalue weighted by Crippen LogP contribution is 2.22. The highest BCUT2D eigenvalue weighted by atomic mass is 79.9. The van der Waals surface area contributed by atoms with Crippen molar-refractivity contribution in [2.45, 2.75) is 32.2 Å². The third-order valence-corrected chi connectivity index (χ3v) is 3.74. The number of methoxy groups -OCH3 is 1. The van der Waals surface area contributed by atoms with Crippen LogP contribution >= 0.6 is 15.9 Å². The van der Waals surface area contributed by atoms with Crippen LogP contribution in [-0.2, 0) is 27.9 Å². The molecule has 0 bridgehead atoms. The van der Waals surface area contributed by atoms with E-state index in [-0.39, 0.29) is 12.4 Å². The average Bonchev–Trinajstić information content (AvgIpc) is 2.62. The van der Waals surface area contributed by atoms with Gasteiger partial charge in [-0.15, -0.1) is 0 Å². The Labute approximate surface area is 146 Å². The molecule has 124 valence electrons. The molecule has 0 heterocycles. The van der Waals surface area contributed by atoms with E-state index < -0.39 is 0 Å². The van der Waals surface area contributed by atoms with Gasteiger partial charge in [0.1, 0.15) is 12.4 Å². The predicted molar refractivity (Wildman–Crippen MR) is 96.9 cm³/mol. The van der Waals surface area contributed by atoms with Crippen LogP contribution in [0, 0.1) is 0 Å². The zero-order chi connectivity index (χ0) is 17.1. The number of hydrogen-bond acceptors (Lipinski definition) is 3. The first-order chi connectivity index (χ1) is 11.2. The fourth-order valence-corrected chi connectivity index (χ4v) is 2.50. The Balaban J connectivity index is 0.00000127. The molecule has 0 fully saturated rings. The van der Waals surface area contributed by atoms with Crippen molar-refractivity contribution in [3.63, 3.8) is 0 Å². The van der Waals surface area contributed by atoms with Gasteiger partial charge in [-0.3, -0.25) is 4.79 Å². The second-order valence-electron chi connectivity index (χ2n) is 4.59. The zero-order valence-electron chi connectivity index (χ0n) is 13.8. The third kappa shape index (κ3) is 6.45. The molecule has 0 saturated heterocycles. The number of benzene rings is 2. The second-order valence-corrected chi connectivity index (χ2v) is 5.15. The summed E-state index contributed by atoms with van der Waals surface area (Å²) >= 11 is 3.43. The first-order valence-electron chi connectivity index (χ1n) is 7.64. The lowest BCUT2D eigenvalue weighted by atomic mass is 10.1. The summed E-state index contributed by atoms with van der Waals surface area (Å²) in [6.45, 7) is 4.51. The number of carbonyl (C=O) groups is 1. The topological polar surface area (TPSA) is 35.5 Å². The fraction of sp³-hybridized carbons (Fsp3) is 0.316. The number of ether oxygens (including phenoxy) is 2. The minimum absolute atomic E-state index is 0.250. The minimum Gasteiger partial charge on any atom is -0.489 e. The average molecular weight is 379 g/mol. The first-order valence-corrected chi connectivity index (χ1v) is 8.76. The fourth-order valence-electron chi connectivity index (χ4n) is 1.96. The van der Waals surface area contributed by atoms with E-state index in [9.17, 15) is 4.79 Å². The molecule has 0 aliphatic carbocycles. The maximum Gasteiger partial charge on any atom is 0.309 e. The smallest absolute Gasteiger partial charge is 0.309 e. The molecule has 0 atom stereocenters. The molecular weight excluding hydrogens is 356 g/mol. The van der Waals surface area contributed by atoms with E-state index in [0.717, 1.165) is 22.4 Å². The van der Waals surface area contributed by atoms with E-state index in [0.29, 0.717) is 11.9 Å². The van der Waals surface area contributed by atoms with Gasteiger partial charge in [0.15, 0.2) is 0 Å². The normalized spacial score (nSPS) is 9.57. The number of carbonyl (C=O) groups excluding carboxylic acids is 1. The number of rotatable bonds is 6. The van der Waals surface area contributed by atoms with Crippen LogP contribution < -0.4 is 4.74 Å². The summed E-state index contributed by atoms with van der Waals surface area (Å²) < 4.78 is 10.5. The summed E-state index contributed by atoms with van der Waals surface area (Å²) in [6.07, 6.45) is 0.250. The van der Waals surface area contributed by atoms with Crippen LogP contribution in [-0.4, -0.2) is 13.1 Å². The van der Waals surface area contributed by atoms with Crippen LogP contribution in [0.4, 0.5) is 0 Å². The van der Waals surface area contributed by atoms with Crippen LogP contribution in [0.2, 0.25) is 0 Å². The first kappa shape index (κ1) is 19.2. The molecule has 0 unspecified atom stereocenters. The molecule has 0 aromatic heterocycles. The number of esters is 1. The van der Waals surface area contributed by atoms with Gasteiger partial charge in [-0.2, -0.15) is 0 Å². The van der Waals surface area contributed by atoms with E-state index in [1.807, 2.05) is 62.4 Å². The van der Waals surface area contributed by atoms with Crippen LogP contribution in [0.1, 0.15) is 30.5 Å². The van der Waals surface area contributed by atoms with E-state index in [2.05, 4.69) is 15.9 Å². The standard InChI is InChI=1S/C17H17BrO3.C2H6/c1-20-17(19)10-15-9-16(8-7-14(15)11-18)21-12-13-5-3-2-4-6-13;1-2/h2-9H,10-12H2,1H3;1-2H3. The lowest BCUT2D eigenvalue weighted by Gasteiger charge is -2.11. The third-order valence-electron chi connectivity index (χ3n) is 3.13. The van der Waals surface area contributed by atoms with Crippen molar-refractivity contribution in [1.82, 2.24) is 0 Å². The van der Waals surface area contributed by atoms with E-state index >= 15 is 0 Å². The highest BCUT2D eigenvalue weighted by Gasteiger charge is 2.09. The number of alkyl halides is 1. The Bertz CT molecular complexity index is 597. The molecule has 4 heteroatoms. The molecule has 2 aromatic rings. The molecule has 0 radical (unpaired) electrons. The van der Waals surface area contributed by atoms with Crippen LogP contribution in [0.5, 0.6) is 5.75 Å². The van der Waals surface area contributed by atoms with Crippen LogP contribution in [0.25, 0.3) is 0 Å². The number of halogens is 1. The van der Waals surface area contributed by atoms with Gasteiger partial charge in [-0.1, -0.05) is 66.2 Å². The molecular formula is C19H23BrO3. The Hall–Kier alpha value is -1.81. The largest absolute Gasteiger partial charge is 0.489 e. The van der Waals surface area contributed by atoms with Gasteiger partial charge < -0.3 is 9.47 Å². The molecule has 23 heavy (non-hydrogen) atoms. The maximum absolute atomic E-state index is 11.5. The molecule has 3 nitrogen and oxygen atoms in total. The Morgan fingerprint density at radius 1 is 1.04 bits per heavy atom. The summed E-state index contributed by atoms with van der Waals surface area (Å²) in [6, 6.07) is 15.8. The van der Waals surface area contributed by atoms with E-state index in [4.69, 9.17) is 9.47 Å². The molecule has 0 aliphatic heterocycles. The van der Waals surface area contributed by atoms with Crippen LogP contribution in [0.3, 0.4) is 0 Å². The number of hydrogen-bond donors (Lipinski definition) is 0. The van der Waals surface area contributed by atoms with Crippen LogP contribution in [0.15, 0.2) is 48.5 Å². The maximum atomic E-state index is 11.5. The monoisotopic (exact) mass is 378 g/mol. The van der Waals surface area contributed by atoms with Crippen molar-refractivity contribution in [3.05, 3.63) is 65.2 Å². The van der Waals surface area contributed by atoms with Gasteiger partial charge in [-0.25, -0.2) is 0 Å². The molecule has 0 amide bonds. The zero-order valence-corrected chi connectivity index (χ0v) is 15.4. The molecule has 2 rings (SSSR count). The van der Waals surface area contributed by atoms with Gasteiger partial charge >= 0.3 is 5.97 Å². The van der Waals surface area contributed by atoms with Crippen molar-refractivity contribution in [2.75, 3.05) is 7.11 Å². The van der Waals surface area contributed by atoms with E-state index in [1.165, 1.54) is 7.11 Å². The predicted octanol–water partition coefficient (Wildman–Crippen LogP) is 4.90. The van der Waals surface area contributed by atoms with Gasteiger partial charge in [0.05, 0.1) is 13.5 Å². The second kappa shape index (κ2) is 10.8. The molecule has 0 saturated carbocycles. The summed E-state index contributed by atoms with van der Waals surface area (Å²) in [4.78, 5) is 11.5. The highest BCUT2D eigenvalue weighted by molar-refractivity contribution is 9.08. The quantitative estimate of drug-likeness (QED) is 0.529. The minimum atomic E-state index is -0.252. The lowest BCUT2D eigenvalue weighted by molar-refractivity contribution is -0.139. The van der Waals surface area contributed by atoms with Crippen molar-refractivity contribution in [3.8, 4) is 5.75 Å². The SMILES string of the molecule is CC.COC(=O)Cc1cc(OCc2ccccc2)ccc1CBr. The molecule has 0 spiro atoms. The summed E-state index contributed by atoms with van der Waals surface area (Å²) in [7, 11) is 1.39. The van der Waals surface area contributed by atoms with Gasteiger partial charge in [0.2, 0.25) is 0 Å². The molecule has 0 N–H and O–H groups in total. The summed E-state index contributed by atoms with van der Waals surface area (Å²) in [5, 5.41) is 0.693. The van der Waals surface area contributed by atoms with Crippen molar-refractivity contribution < 1.29 is 14.3 Å². The molecule has 0 aliphatic rings. The Morgan fingerprint density at radius 3 is 2.35 bits per heavy atom. The Morgan fingerprint density at radius 2 is 1.74 bits per heavy atom. The summed E-state index contributed by atoms with van der Waals surface area (Å²) in [5.74, 6) is 0.500.